The maximum absolute atomic E-state index is 12.7. The quantitative estimate of drug-likeness (QED) is 0.923. The molecule has 2 aliphatic rings. The lowest BCUT2D eigenvalue weighted by molar-refractivity contribution is -0.131. The van der Waals surface area contributed by atoms with E-state index in [1.54, 1.807) is 0 Å². The Bertz CT molecular complexity index is 537. The average Bonchev–Trinajstić information content (AvgIpc) is 3.12. The number of nitrogens with one attached hydrogen (secondary N) is 1. The van der Waals surface area contributed by atoms with Crippen molar-refractivity contribution in [2.24, 2.45) is 5.41 Å². The fourth-order valence-corrected chi connectivity index (χ4v) is 2.98. The van der Waals surface area contributed by atoms with E-state index in [0.29, 0.717) is 5.91 Å². The summed E-state index contributed by atoms with van der Waals surface area (Å²) in [7, 11) is 0. The normalized spacial score (nSPS) is 23.9. The van der Waals surface area contributed by atoms with Gasteiger partial charge in [0.25, 0.3) is 0 Å². The number of benzene rings is 1. The van der Waals surface area contributed by atoms with Gasteiger partial charge in [0, 0.05) is 6.54 Å². The summed E-state index contributed by atoms with van der Waals surface area (Å²) in [5.74, 6) is 0.303. The summed E-state index contributed by atoms with van der Waals surface area (Å²) in [6.45, 7) is 9.62. The summed E-state index contributed by atoms with van der Waals surface area (Å²) >= 11 is 0. The summed E-state index contributed by atoms with van der Waals surface area (Å²) in [5.41, 5.74) is 2.46. The summed E-state index contributed by atoms with van der Waals surface area (Å²) < 4.78 is 0. The van der Waals surface area contributed by atoms with Crippen LogP contribution in [-0.4, -0.2) is 22.9 Å². The van der Waals surface area contributed by atoms with Crippen LogP contribution in [0.3, 0.4) is 0 Å². The van der Waals surface area contributed by atoms with Crippen LogP contribution in [0.1, 0.15) is 57.3 Å². The number of rotatable bonds is 3. The van der Waals surface area contributed by atoms with Gasteiger partial charge in [-0.3, -0.25) is 10.1 Å². The van der Waals surface area contributed by atoms with Crippen LogP contribution in [0.4, 0.5) is 0 Å². The predicted molar refractivity (Wildman–Crippen MR) is 84.8 cm³/mol. The number of carbonyl (C=O) groups is 1. The van der Waals surface area contributed by atoms with Crippen molar-refractivity contribution in [3.63, 3.8) is 0 Å². The Morgan fingerprint density at radius 2 is 1.86 bits per heavy atom. The molecule has 0 radical (unpaired) electrons. The minimum Gasteiger partial charge on any atom is -0.321 e. The topological polar surface area (TPSA) is 32.3 Å². The minimum absolute atomic E-state index is 0.0444. The molecule has 0 bridgehead atoms. The first-order chi connectivity index (χ1) is 9.81. The van der Waals surface area contributed by atoms with Crippen molar-refractivity contribution in [1.82, 2.24) is 10.2 Å². The second-order valence-corrected chi connectivity index (χ2v) is 7.85. The van der Waals surface area contributed by atoms with Crippen molar-refractivity contribution < 1.29 is 4.79 Å². The highest BCUT2D eigenvalue weighted by Gasteiger charge is 2.59. The van der Waals surface area contributed by atoms with Crippen molar-refractivity contribution in [1.29, 1.82) is 0 Å². The van der Waals surface area contributed by atoms with Gasteiger partial charge in [0.05, 0.1) is 0 Å². The first-order valence-corrected chi connectivity index (χ1v) is 7.96. The lowest BCUT2D eigenvalue weighted by Gasteiger charge is -2.28. The number of hydrogen-bond donors (Lipinski definition) is 1. The van der Waals surface area contributed by atoms with Gasteiger partial charge in [0.1, 0.15) is 11.7 Å². The van der Waals surface area contributed by atoms with Crippen LogP contribution in [0.2, 0.25) is 0 Å². The fourth-order valence-electron chi connectivity index (χ4n) is 2.98. The van der Waals surface area contributed by atoms with Crippen LogP contribution in [0.5, 0.6) is 0 Å². The predicted octanol–water partition coefficient (Wildman–Crippen LogP) is 3.39. The Morgan fingerprint density at radius 1 is 1.24 bits per heavy atom. The van der Waals surface area contributed by atoms with Crippen LogP contribution in [0.15, 0.2) is 24.3 Å². The molecule has 1 amide bonds. The number of hydrogen-bond acceptors (Lipinski definition) is 2. The molecule has 1 N–H and O–H groups in total. The van der Waals surface area contributed by atoms with Crippen LogP contribution in [0.25, 0.3) is 0 Å². The van der Waals surface area contributed by atoms with E-state index in [1.165, 1.54) is 11.1 Å². The molecule has 1 saturated carbocycles. The van der Waals surface area contributed by atoms with Crippen molar-refractivity contribution in [2.75, 3.05) is 6.54 Å². The second-order valence-electron chi connectivity index (χ2n) is 7.85. The summed E-state index contributed by atoms with van der Waals surface area (Å²) in [4.78, 5) is 14.8. The molecule has 0 aromatic heterocycles. The SMILES string of the molecule is Cc1ccc(C2NC3(CC3)C(=O)N2CCC(C)(C)C)cc1. The third-order valence-electron chi connectivity index (χ3n) is 4.64. The van der Waals surface area contributed by atoms with Crippen molar-refractivity contribution in [3.05, 3.63) is 35.4 Å². The van der Waals surface area contributed by atoms with Gasteiger partial charge >= 0.3 is 0 Å². The molecular formula is C18H26N2O. The minimum atomic E-state index is -0.243. The molecule has 1 aromatic rings. The molecule has 114 valence electrons. The molecule has 2 fully saturated rings. The Kier molecular flexibility index (Phi) is 3.36. The Balaban J connectivity index is 1.82. The third kappa shape index (κ3) is 2.84. The van der Waals surface area contributed by atoms with Gasteiger partial charge in [-0.15, -0.1) is 0 Å². The molecule has 1 heterocycles. The van der Waals surface area contributed by atoms with Gasteiger partial charge in [0.2, 0.25) is 5.91 Å². The van der Waals surface area contributed by atoms with Crippen LogP contribution in [0, 0.1) is 12.3 Å². The van der Waals surface area contributed by atoms with Gasteiger partial charge in [-0.05, 0) is 37.2 Å². The molecule has 1 aliphatic heterocycles. The van der Waals surface area contributed by atoms with E-state index in [1.807, 2.05) is 0 Å². The smallest absolute Gasteiger partial charge is 0.244 e. The van der Waals surface area contributed by atoms with E-state index in [4.69, 9.17) is 0 Å². The monoisotopic (exact) mass is 286 g/mol. The van der Waals surface area contributed by atoms with Crippen molar-refractivity contribution in [3.8, 4) is 0 Å². The zero-order valence-corrected chi connectivity index (χ0v) is 13.6. The lowest BCUT2D eigenvalue weighted by Crippen LogP contribution is -2.34. The number of amides is 1. The average molecular weight is 286 g/mol. The molecule has 3 rings (SSSR count). The highest BCUT2D eigenvalue weighted by Crippen LogP contribution is 2.46. The van der Waals surface area contributed by atoms with E-state index in [0.717, 1.165) is 25.8 Å². The first kappa shape index (κ1) is 14.6. The van der Waals surface area contributed by atoms with Gasteiger partial charge < -0.3 is 4.90 Å². The molecule has 21 heavy (non-hydrogen) atoms. The van der Waals surface area contributed by atoms with E-state index in [9.17, 15) is 4.79 Å². The molecule has 1 aromatic carbocycles. The summed E-state index contributed by atoms with van der Waals surface area (Å²) in [5, 5.41) is 3.59. The largest absolute Gasteiger partial charge is 0.321 e. The molecular weight excluding hydrogens is 260 g/mol. The van der Waals surface area contributed by atoms with E-state index in [-0.39, 0.29) is 17.1 Å². The standard InChI is InChI=1S/C18H26N2O/c1-13-5-7-14(8-6-13)15-19-18(9-10-18)16(21)20(15)12-11-17(2,3)4/h5-8,15,19H,9-12H2,1-4H3. The number of aryl methyl sites for hydroxylation is 1. The molecule has 1 spiro atoms. The number of nitrogens with zero attached hydrogens (tertiary/aromatic N) is 1. The molecule has 1 saturated heterocycles. The Labute approximate surface area is 127 Å². The fraction of sp³-hybridized carbons (Fsp3) is 0.611. The maximum atomic E-state index is 12.7. The lowest BCUT2D eigenvalue weighted by atomic mass is 9.92. The first-order valence-electron chi connectivity index (χ1n) is 7.96. The molecule has 3 nitrogen and oxygen atoms in total. The molecule has 3 heteroatoms. The highest BCUT2D eigenvalue weighted by molar-refractivity contribution is 5.92. The van der Waals surface area contributed by atoms with Crippen LogP contribution >= 0.6 is 0 Å². The molecule has 1 unspecified atom stereocenters. The maximum Gasteiger partial charge on any atom is 0.244 e. The summed E-state index contributed by atoms with van der Waals surface area (Å²) in [6, 6.07) is 8.54. The van der Waals surface area contributed by atoms with Gasteiger partial charge in [-0.2, -0.15) is 0 Å². The van der Waals surface area contributed by atoms with Gasteiger partial charge in [-0.25, -0.2) is 0 Å². The molecule has 1 atom stereocenters. The van der Waals surface area contributed by atoms with Gasteiger partial charge in [-0.1, -0.05) is 50.6 Å². The van der Waals surface area contributed by atoms with E-state index >= 15 is 0 Å². The van der Waals surface area contributed by atoms with Gasteiger partial charge in [0.15, 0.2) is 0 Å². The zero-order valence-electron chi connectivity index (χ0n) is 13.6. The third-order valence-corrected chi connectivity index (χ3v) is 4.64. The van der Waals surface area contributed by atoms with Crippen molar-refractivity contribution >= 4 is 5.91 Å². The van der Waals surface area contributed by atoms with Crippen molar-refractivity contribution in [2.45, 2.75) is 58.7 Å². The summed E-state index contributed by atoms with van der Waals surface area (Å²) in [6.07, 6.45) is 3.04. The zero-order chi connectivity index (χ0) is 15.3. The van der Waals surface area contributed by atoms with Crippen LogP contribution in [-0.2, 0) is 4.79 Å². The van der Waals surface area contributed by atoms with E-state index < -0.39 is 0 Å². The Morgan fingerprint density at radius 3 is 2.38 bits per heavy atom. The van der Waals surface area contributed by atoms with Crippen LogP contribution < -0.4 is 5.32 Å². The second kappa shape index (κ2) is 4.84. The Hall–Kier alpha value is -1.35. The molecule has 1 aliphatic carbocycles. The number of carbonyl (C=O) groups excluding carboxylic acids is 1. The highest BCUT2D eigenvalue weighted by atomic mass is 16.2. The van der Waals surface area contributed by atoms with E-state index in [2.05, 4.69) is 62.2 Å².